The molecule has 2 nitrogen and oxygen atoms in total. The standard InChI is InChI=1S/C6H12O2.ClH/c1-5-4-6(7)2-3-8-5;/h5-7H,2-4H2,1H3;1H. The van der Waals surface area contributed by atoms with Gasteiger partial charge >= 0.3 is 0 Å². The Bertz CT molecular complexity index is 69.5. The summed E-state index contributed by atoms with van der Waals surface area (Å²) in [6.45, 7) is 2.71. The van der Waals surface area contributed by atoms with E-state index in [4.69, 9.17) is 9.84 Å². The third kappa shape index (κ3) is 3.04. The summed E-state index contributed by atoms with van der Waals surface area (Å²) in [7, 11) is 0. The van der Waals surface area contributed by atoms with Gasteiger partial charge in [-0.25, -0.2) is 0 Å². The zero-order valence-electron chi connectivity index (χ0n) is 5.54. The Balaban J connectivity index is 0.000000640. The summed E-state index contributed by atoms with van der Waals surface area (Å²) in [5, 5.41) is 9.00. The van der Waals surface area contributed by atoms with Crippen LogP contribution in [-0.2, 0) is 4.74 Å². The Morgan fingerprint density at radius 3 is 2.56 bits per heavy atom. The molecule has 1 heterocycles. The largest absolute Gasteiger partial charge is 0.393 e. The molecule has 1 aliphatic rings. The second-order valence-corrected chi connectivity index (χ2v) is 2.36. The van der Waals surface area contributed by atoms with Gasteiger partial charge in [0.15, 0.2) is 0 Å². The summed E-state index contributed by atoms with van der Waals surface area (Å²) >= 11 is 0. The lowest BCUT2D eigenvalue weighted by Gasteiger charge is -2.22. The molecule has 2 atom stereocenters. The second-order valence-electron chi connectivity index (χ2n) is 2.36. The van der Waals surface area contributed by atoms with E-state index in [2.05, 4.69) is 0 Å². The van der Waals surface area contributed by atoms with Crippen LogP contribution in [0.25, 0.3) is 0 Å². The molecule has 0 aliphatic carbocycles. The van der Waals surface area contributed by atoms with Gasteiger partial charge < -0.3 is 9.84 Å². The summed E-state index contributed by atoms with van der Waals surface area (Å²) in [6.07, 6.45) is 1.77. The van der Waals surface area contributed by atoms with Crippen molar-refractivity contribution in [3.05, 3.63) is 0 Å². The molecule has 0 radical (unpaired) electrons. The minimum Gasteiger partial charge on any atom is -0.393 e. The molecule has 0 spiro atoms. The quantitative estimate of drug-likeness (QED) is 0.561. The number of halogens is 1. The average Bonchev–Trinajstić information content (AvgIpc) is 1.64. The molecule has 0 bridgehead atoms. The summed E-state index contributed by atoms with van der Waals surface area (Å²) in [4.78, 5) is 0. The molecule has 2 unspecified atom stereocenters. The fourth-order valence-electron chi connectivity index (χ4n) is 0.974. The average molecular weight is 153 g/mol. The maximum absolute atomic E-state index is 9.00. The molecule has 1 rings (SSSR count). The molecule has 56 valence electrons. The first-order valence-electron chi connectivity index (χ1n) is 3.08. The normalized spacial score (nSPS) is 35.3. The van der Waals surface area contributed by atoms with Crippen LogP contribution >= 0.6 is 12.4 Å². The highest BCUT2D eigenvalue weighted by molar-refractivity contribution is 5.85. The number of hydrogen-bond acceptors (Lipinski definition) is 2. The van der Waals surface area contributed by atoms with Crippen molar-refractivity contribution in [2.24, 2.45) is 0 Å². The molecule has 1 saturated heterocycles. The number of aliphatic hydroxyl groups is 1. The van der Waals surface area contributed by atoms with Crippen molar-refractivity contribution in [1.82, 2.24) is 0 Å². The van der Waals surface area contributed by atoms with Gasteiger partial charge in [-0.3, -0.25) is 0 Å². The molecule has 0 aromatic carbocycles. The summed E-state index contributed by atoms with van der Waals surface area (Å²) in [6, 6.07) is 0. The topological polar surface area (TPSA) is 29.5 Å². The van der Waals surface area contributed by atoms with Gasteiger partial charge in [0.1, 0.15) is 0 Å². The van der Waals surface area contributed by atoms with Crippen molar-refractivity contribution in [2.75, 3.05) is 6.61 Å². The number of aliphatic hydroxyl groups excluding tert-OH is 1. The van der Waals surface area contributed by atoms with Gasteiger partial charge in [0.2, 0.25) is 0 Å². The van der Waals surface area contributed by atoms with E-state index in [0.717, 1.165) is 19.4 Å². The zero-order valence-corrected chi connectivity index (χ0v) is 6.36. The van der Waals surface area contributed by atoms with E-state index in [0.29, 0.717) is 0 Å². The van der Waals surface area contributed by atoms with Crippen LogP contribution in [0, 0.1) is 0 Å². The Kier molecular flexibility index (Phi) is 4.19. The van der Waals surface area contributed by atoms with Crippen molar-refractivity contribution in [2.45, 2.75) is 32.0 Å². The number of ether oxygens (including phenoxy) is 1. The Labute approximate surface area is 61.6 Å². The van der Waals surface area contributed by atoms with Gasteiger partial charge in [-0.1, -0.05) is 0 Å². The van der Waals surface area contributed by atoms with Gasteiger partial charge in [-0.05, 0) is 19.8 Å². The van der Waals surface area contributed by atoms with Crippen LogP contribution in [0.2, 0.25) is 0 Å². The molecule has 1 N–H and O–H groups in total. The SMILES string of the molecule is CC1CC(O)CCO1.Cl. The van der Waals surface area contributed by atoms with E-state index in [1.807, 2.05) is 6.92 Å². The third-order valence-corrected chi connectivity index (χ3v) is 1.46. The van der Waals surface area contributed by atoms with Crippen LogP contribution < -0.4 is 0 Å². The van der Waals surface area contributed by atoms with Crippen LogP contribution in [0.4, 0.5) is 0 Å². The van der Waals surface area contributed by atoms with Gasteiger partial charge in [-0.15, -0.1) is 12.4 Å². The predicted octanol–water partition coefficient (Wildman–Crippen LogP) is 0.968. The minimum atomic E-state index is -0.112. The summed E-state index contributed by atoms with van der Waals surface area (Å²) in [5.41, 5.74) is 0. The molecular formula is C6H13ClO2. The van der Waals surface area contributed by atoms with Crippen molar-refractivity contribution < 1.29 is 9.84 Å². The molecule has 1 aliphatic heterocycles. The fraction of sp³-hybridized carbons (Fsp3) is 1.00. The van der Waals surface area contributed by atoms with E-state index < -0.39 is 0 Å². The van der Waals surface area contributed by atoms with Crippen LogP contribution in [0.15, 0.2) is 0 Å². The van der Waals surface area contributed by atoms with Gasteiger partial charge in [0, 0.05) is 6.61 Å². The van der Waals surface area contributed by atoms with E-state index in [9.17, 15) is 0 Å². The van der Waals surface area contributed by atoms with E-state index in [1.165, 1.54) is 0 Å². The maximum atomic E-state index is 9.00. The monoisotopic (exact) mass is 152 g/mol. The lowest BCUT2D eigenvalue weighted by molar-refractivity contribution is -0.0340. The van der Waals surface area contributed by atoms with Crippen LogP contribution in [-0.4, -0.2) is 23.9 Å². The summed E-state index contributed by atoms with van der Waals surface area (Å²) < 4.78 is 5.19. The first-order chi connectivity index (χ1) is 3.79. The van der Waals surface area contributed by atoms with E-state index in [-0.39, 0.29) is 24.6 Å². The minimum absolute atomic E-state index is 0. The Morgan fingerprint density at radius 2 is 2.22 bits per heavy atom. The van der Waals surface area contributed by atoms with Gasteiger partial charge in [-0.2, -0.15) is 0 Å². The van der Waals surface area contributed by atoms with Crippen LogP contribution in [0.3, 0.4) is 0 Å². The molecule has 0 amide bonds. The molecule has 0 saturated carbocycles. The van der Waals surface area contributed by atoms with Gasteiger partial charge in [0.25, 0.3) is 0 Å². The van der Waals surface area contributed by atoms with Crippen molar-refractivity contribution in [1.29, 1.82) is 0 Å². The number of hydrogen-bond donors (Lipinski definition) is 1. The Hall–Kier alpha value is 0.210. The second kappa shape index (κ2) is 4.09. The molecule has 3 heteroatoms. The first-order valence-corrected chi connectivity index (χ1v) is 3.08. The van der Waals surface area contributed by atoms with Crippen molar-refractivity contribution >= 4 is 12.4 Å². The molecule has 9 heavy (non-hydrogen) atoms. The highest BCUT2D eigenvalue weighted by atomic mass is 35.5. The number of rotatable bonds is 0. The van der Waals surface area contributed by atoms with E-state index >= 15 is 0 Å². The van der Waals surface area contributed by atoms with Crippen LogP contribution in [0.1, 0.15) is 19.8 Å². The molecule has 1 fully saturated rings. The van der Waals surface area contributed by atoms with Crippen LogP contribution in [0.5, 0.6) is 0 Å². The lowest BCUT2D eigenvalue weighted by atomic mass is 10.1. The van der Waals surface area contributed by atoms with E-state index in [1.54, 1.807) is 0 Å². The lowest BCUT2D eigenvalue weighted by Crippen LogP contribution is -2.26. The summed E-state index contributed by atoms with van der Waals surface area (Å²) in [5.74, 6) is 0. The zero-order chi connectivity index (χ0) is 5.98. The third-order valence-electron chi connectivity index (χ3n) is 1.46. The molecule has 0 aromatic heterocycles. The highest BCUT2D eigenvalue weighted by Crippen LogP contribution is 2.11. The van der Waals surface area contributed by atoms with Gasteiger partial charge in [0.05, 0.1) is 12.2 Å². The van der Waals surface area contributed by atoms with Crippen molar-refractivity contribution in [3.63, 3.8) is 0 Å². The highest BCUT2D eigenvalue weighted by Gasteiger charge is 2.15. The predicted molar refractivity (Wildman–Crippen MR) is 37.9 cm³/mol. The smallest absolute Gasteiger partial charge is 0.0586 e. The fourth-order valence-corrected chi connectivity index (χ4v) is 0.974. The molecular weight excluding hydrogens is 140 g/mol. The van der Waals surface area contributed by atoms with Crippen molar-refractivity contribution in [3.8, 4) is 0 Å². The maximum Gasteiger partial charge on any atom is 0.0586 e. The molecule has 0 aromatic rings. The first kappa shape index (κ1) is 9.21. The Morgan fingerprint density at radius 1 is 1.56 bits per heavy atom.